The van der Waals surface area contributed by atoms with Crippen LogP contribution < -0.4 is 21.2 Å². The van der Waals surface area contributed by atoms with Crippen molar-refractivity contribution in [3.05, 3.63) is 44.5 Å². The normalized spacial score (nSPS) is 11.8. The second-order valence-electron chi connectivity index (χ2n) is 5.47. The van der Waals surface area contributed by atoms with E-state index >= 15 is 0 Å². The minimum atomic E-state index is -0.465. The van der Waals surface area contributed by atoms with E-state index in [2.05, 4.69) is 5.32 Å². The van der Waals surface area contributed by atoms with Gasteiger partial charge in [-0.3, -0.25) is 14.4 Å². The predicted molar refractivity (Wildman–Crippen MR) is 84.7 cm³/mol. The zero-order chi connectivity index (χ0) is 16.9. The topological polar surface area (TPSA) is 85.6 Å². The maximum Gasteiger partial charge on any atom is 0.310 e. The van der Waals surface area contributed by atoms with Crippen molar-refractivity contribution >= 4 is 17.3 Å². The SMILES string of the molecule is CN(C)C(=O)c1cccc2c1Oc1c(c(=O)n(C)n(C)c1=O)N2. The summed E-state index contributed by atoms with van der Waals surface area (Å²) in [6, 6.07) is 4.98. The number of carbonyl (C=O) groups excluding carboxylic acids is 1. The van der Waals surface area contributed by atoms with E-state index in [9.17, 15) is 14.4 Å². The van der Waals surface area contributed by atoms with Crippen molar-refractivity contribution in [1.29, 1.82) is 0 Å². The predicted octanol–water partition coefficient (Wildman–Crippen LogP) is 0.635. The van der Waals surface area contributed by atoms with Crippen LogP contribution in [0.1, 0.15) is 10.4 Å². The first-order valence-corrected chi connectivity index (χ1v) is 6.92. The Kier molecular flexibility index (Phi) is 3.24. The van der Waals surface area contributed by atoms with Gasteiger partial charge in [0.25, 0.3) is 11.5 Å². The van der Waals surface area contributed by atoms with Crippen LogP contribution in [0.2, 0.25) is 0 Å². The molecule has 0 saturated carbocycles. The van der Waals surface area contributed by atoms with Crippen molar-refractivity contribution in [3.63, 3.8) is 0 Å². The number of anilines is 2. The van der Waals surface area contributed by atoms with Crippen LogP contribution in [0.5, 0.6) is 11.5 Å². The zero-order valence-corrected chi connectivity index (χ0v) is 13.2. The van der Waals surface area contributed by atoms with Crippen LogP contribution in [0.15, 0.2) is 27.8 Å². The van der Waals surface area contributed by atoms with E-state index in [4.69, 9.17) is 4.74 Å². The van der Waals surface area contributed by atoms with E-state index in [0.29, 0.717) is 11.3 Å². The van der Waals surface area contributed by atoms with Gasteiger partial charge in [-0.25, -0.2) is 9.36 Å². The molecular weight excluding hydrogens is 300 g/mol. The van der Waals surface area contributed by atoms with E-state index in [-0.39, 0.29) is 23.1 Å². The Morgan fingerprint density at radius 1 is 1.09 bits per heavy atom. The first-order valence-electron chi connectivity index (χ1n) is 6.92. The Labute approximate surface area is 131 Å². The molecule has 1 amide bonds. The quantitative estimate of drug-likeness (QED) is 0.712. The second kappa shape index (κ2) is 5.01. The number of para-hydroxylation sites is 1. The summed E-state index contributed by atoms with van der Waals surface area (Å²) in [4.78, 5) is 38.3. The number of fused-ring (bicyclic) bond motifs is 2. The molecule has 23 heavy (non-hydrogen) atoms. The van der Waals surface area contributed by atoms with E-state index < -0.39 is 11.1 Å². The number of carbonyl (C=O) groups is 1. The molecule has 2 heterocycles. The average Bonchev–Trinajstić information content (AvgIpc) is 2.55. The average molecular weight is 316 g/mol. The van der Waals surface area contributed by atoms with Crippen molar-refractivity contribution in [2.75, 3.05) is 19.4 Å². The van der Waals surface area contributed by atoms with Gasteiger partial charge in [-0.15, -0.1) is 0 Å². The highest BCUT2D eigenvalue weighted by Crippen LogP contribution is 2.40. The summed E-state index contributed by atoms with van der Waals surface area (Å²) in [6.45, 7) is 0. The van der Waals surface area contributed by atoms with Crippen LogP contribution in [0, 0.1) is 0 Å². The molecule has 0 radical (unpaired) electrons. The number of aromatic nitrogens is 2. The van der Waals surface area contributed by atoms with Crippen molar-refractivity contribution < 1.29 is 9.53 Å². The molecule has 1 aromatic heterocycles. The Balaban J connectivity index is 2.24. The van der Waals surface area contributed by atoms with Crippen LogP contribution in [-0.2, 0) is 14.1 Å². The van der Waals surface area contributed by atoms with Crippen LogP contribution in [0.3, 0.4) is 0 Å². The van der Waals surface area contributed by atoms with E-state index in [1.165, 1.54) is 23.7 Å². The number of hydrogen-bond acceptors (Lipinski definition) is 5. The van der Waals surface area contributed by atoms with Crippen molar-refractivity contribution in [1.82, 2.24) is 14.3 Å². The maximum atomic E-state index is 12.4. The van der Waals surface area contributed by atoms with Gasteiger partial charge in [0.2, 0.25) is 5.75 Å². The van der Waals surface area contributed by atoms with Gasteiger partial charge in [-0.1, -0.05) is 6.07 Å². The second-order valence-corrected chi connectivity index (χ2v) is 5.47. The molecule has 0 aliphatic carbocycles. The fourth-order valence-electron chi connectivity index (χ4n) is 2.38. The van der Waals surface area contributed by atoms with Crippen LogP contribution in [0.25, 0.3) is 0 Å². The number of hydrogen-bond donors (Lipinski definition) is 1. The molecule has 2 aromatic rings. The highest BCUT2D eigenvalue weighted by atomic mass is 16.5. The van der Waals surface area contributed by atoms with Gasteiger partial charge in [-0.2, -0.15) is 0 Å². The van der Waals surface area contributed by atoms with Crippen molar-refractivity contribution in [3.8, 4) is 11.5 Å². The molecule has 0 bridgehead atoms. The third kappa shape index (κ3) is 2.10. The Hall–Kier alpha value is -3.03. The summed E-state index contributed by atoms with van der Waals surface area (Å²) < 4.78 is 8.02. The molecule has 0 atom stereocenters. The van der Waals surface area contributed by atoms with Gasteiger partial charge in [-0.05, 0) is 12.1 Å². The van der Waals surface area contributed by atoms with Crippen molar-refractivity contribution in [2.24, 2.45) is 14.1 Å². The lowest BCUT2D eigenvalue weighted by Gasteiger charge is -2.24. The Bertz CT molecular complexity index is 940. The molecule has 0 spiro atoms. The fraction of sp³-hybridized carbons (Fsp3) is 0.267. The minimum Gasteiger partial charge on any atom is -0.446 e. The number of rotatable bonds is 1. The van der Waals surface area contributed by atoms with Crippen LogP contribution in [-0.4, -0.2) is 34.3 Å². The number of benzene rings is 1. The zero-order valence-electron chi connectivity index (χ0n) is 13.2. The summed E-state index contributed by atoms with van der Waals surface area (Å²) in [5, 5.41) is 2.91. The van der Waals surface area contributed by atoms with E-state index in [1.54, 1.807) is 32.3 Å². The molecule has 1 aliphatic heterocycles. The van der Waals surface area contributed by atoms with E-state index in [0.717, 1.165) is 4.68 Å². The number of amides is 1. The first-order chi connectivity index (χ1) is 10.8. The molecule has 1 aliphatic rings. The minimum absolute atomic E-state index is 0.0672. The Morgan fingerprint density at radius 3 is 2.39 bits per heavy atom. The van der Waals surface area contributed by atoms with Gasteiger partial charge >= 0.3 is 5.56 Å². The smallest absolute Gasteiger partial charge is 0.310 e. The monoisotopic (exact) mass is 316 g/mol. The largest absolute Gasteiger partial charge is 0.446 e. The third-order valence-electron chi connectivity index (χ3n) is 3.79. The lowest BCUT2D eigenvalue weighted by molar-refractivity contribution is 0.0825. The van der Waals surface area contributed by atoms with Crippen molar-refractivity contribution in [2.45, 2.75) is 0 Å². The summed E-state index contributed by atoms with van der Waals surface area (Å²) in [6.07, 6.45) is 0. The Morgan fingerprint density at radius 2 is 1.74 bits per heavy atom. The fourth-order valence-corrected chi connectivity index (χ4v) is 2.38. The molecule has 1 N–H and O–H groups in total. The molecule has 1 aromatic carbocycles. The summed E-state index contributed by atoms with van der Waals surface area (Å²) in [5.74, 6) is -0.126. The molecule has 120 valence electrons. The van der Waals surface area contributed by atoms with Gasteiger partial charge in [0.1, 0.15) is 0 Å². The molecule has 0 saturated heterocycles. The molecular formula is C15H16N4O4. The molecule has 8 heteroatoms. The highest BCUT2D eigenvalue weighted by molar-refractivity contribution is 5.99. The summed E-state index contributed by atoms with van der Waals surface area (Å²) in [5.41, 5.74) is -0.00840. The van der Waals surface area contributed by atoms with Crippen LogP contribution >= 0.6 is 0 Å². The maximum absolute atomic E-state index is 12.4. The van der Waals surface area contributed by atoms with Crippen LogP contribution in [0.4, 0.5) is 11.4 Å². The third-order valence-corrected chi connectivity index (χ3v) is 3.79. The molecule has 3 rings (SSSR count). The lowest BCUT2D eigenvalue weighted by atomic mass is 10.1. The number of nitrogens with zero attached hydrogens (tertiary/aromatic N) is 3. The number of ether oxygens (including phenoxy) is 1. The standard InChI is InChI=1S/C15H16N4O4/c1-17(2)13(20)8-6-5-7-9-11(8)23-12-10(16-9)14(21)18(3)19(4)15(12)22/h5-7,16H,1-4H3. The summed E-state index contributed by atoms with van der Waals surface area (Å²) >= 11 is 0. The van der Waals surface area contributed by atoms with E-state index in [1.807, 2.05) is 0 Å². The summed E-state index contributed by atoms with van der Waals surface area (Å²) in [7, 11) is 6.22. The number of nitrogens with one attached hydrogen (secondary N) is 1. The van der Waals surface area contributed by atoms with Gasteiger partial charge < -0.3 is 15.0 Å². The van der Waals surface area contributed by atoms with Gasteiger partial charge in [0, 0.05) is 28.2 Å². The molecule has 0 fully saturated rings. The van der Waals surface area contributed by atoms with Gasteiger partial charge in [0.15, 0.2) is 11.4 Å². The first kappa shape index (κ1) is 14.9. The highest BCUT2D eigenvalue weighted by Gasteiger charge is 2.28. The van der Waals surface area contributed by atoms with Gasteiger partial charge in [0.05, 0.1) is 11.3 Å². The lowest BCUT2D eigenvalue weighted by Crippen LogP contribution is -2.38. The molecule has 8 nitrogen and oxygen atoms in total. The molecule has 0 unspecified atom stereocenters.